The van der Waals surface area contributed by atoms with E-state index < -0.39 is 12.1 Å². The fraction of sp³-hybridized carbons (Fsp3) is 0.500. The molecule has 1 saturated heterocycles. The zero-order valence-electron chi connectivity index (χ0n) is 22.0. The monoisotopic (exact) mass is 569 g/mol. The van der Waals surface area contributed by atoms with Crippen LogP contribution in [0.25, 0.3) is 0 Å². The Hall–Kier alpha value is -3.32. The van der Waals surface area contributed by atoms with Crippen molar-refractivity contribution in [2.45, 2.75) is 76.6 Å². The summed E-state index contributed by atoms with van der Waals surface area (Å²) in [6, 6.07) is 9.73. The van der Waals surface area contributed by atoms with E-state index in [-0.39, 0.29) is 29.3 Å². The van der Waals surface area contributed by atoms with E-state index >= 15 is 0 Å². The largest absolute Gasteiger partial charge is 0.490 e. The van der Waals surface area contributed by atoms with Crippen molar-refractivity contribution in [3.8, 4) is 0 Å². The van der Waals surface area contributed by atoms with Crippen molar-refractivity contribution in [1.29, 1.82) is 0 Å². The number of benzene rings is 1. The van der Waals surface area contributed by atoms with E-state index in [2.05, 4.69) is 59.1 Å². The third-order valence-electron chi connectivity index (χ3n) is 5.56. The second-order valence-corrected chi connectivity index (χ2v) is 10.9. The second kappa shape index (κ2) is 14.7. The number of nitrogens with zero attached hydrogens (tertiary/aromatic N) is 2. The lowest BCUT2D eigenvalue weighted by molar-refractivity contribution is -0.192. The highest BCUT2D eigenvalue weighted by molar-refractivity contribution is 7.15. The van der Waals surface area contributed by atoms with Crippen LogP contribution in [0.15, 0.2) is 42.5 Å². The first-order valence-corrected chi connectivity index (χ1v) is 13.3. The average molecular weight is 570 g/mol. The number of carboxylic acids is 1. The van der Waals surface area contributed by atoms with Gasteiger partial charge in [0, 0.05) is 17.5 Å². The van der Waals surface area contributed by atoms with E-state index in [4.69, 9.17) is 9.90 Å². The first kappa shape index (κ1) is 31.9. The van der Waals surface area contributed by atoms with Crippen molar-refractivity contribution < 1.29 is 32.7 Å². The Kier molecular flexibility index (Phi) is 12.0. The molecule has 2 heterocycles. The van der Waals surface area contributed by atoms with Gasteiger partial charge in [0.1, 0.15) is 5.01 Å². The molecule has 0 radical (unpaired) electrons. The van der Waals surface area contributed by atoms with Crippen molar-refractivity contribution in [2.24, 2.45) is 0 Å². The lowest BCUT2D eigenvalue weighted by atomic mass is 9.98. The summed E-state index contributed by atoms with van der Waals surface area (Å²) in [5, 5.41) is 25.8. The summed E-state index contributed by atoms with van der Waals surface area (Å²) >= 11 is 1.37. The second-order valence-electron chi connectivity index (χ2n) is 9.96. The fourth-order valence-electron chi connectivity index (χ4n) is 3.47. The van der Waals surface area contributed by atoms with E-state index in [0.717, 1.165) is 37.2 Å². The van der Waals surface area contributed by atoms with Gasteiger partial charge < -0.3 is 15.7 Å². The average Bonchev–Trinajstić information content (AvgIpc) is 3.35. The van der Waals surface area contributed by atoms with Crippen molar-refractivity contribution in [1.82, 2.24) is 20.8 Å². The summed E-state index contributed by atoms with van der Waals surface area (Å²) in [6.45, 7) is 7.03. The third kappa shape index (κ3) is 11.9. The molecule has 1 aromatic heterocycles. The number of anilines is 1. The standard InChI is InChI=1S/C24H33N5O2S.C2HF3O2/c1-24(2,3)22-28-29-23(32-22)27-20(30)15-14-18(13-12-17-9-5-4-6-10-17)26-21(31)19-11-7-8-16-25-19;3-2(4,5)1(6)7/h4-6,9-10,14-15,18-19,25H,7-8,11-13,16H2,1-3H3,(H,26,31)(H,27,29,30);(H,6,7)/t18-,19-;/m0./s1. The van der Waals surface area contributed by atoms with E-state index in [1.54, 1.807) is 6.08 Å². The molecule has 0 unspecified atom stereocenters. The van der Waals surface area contributed by atoms with Crippen LogP contribution in [0.2, 0.25) is 0 Å². The number of halogens is 3. The molecule has 4 N–H and O–H groups in total. The smallest absolute Gasteiger partial charge is 0.475 e. The molecule has 1 aromatic carbocycles. The molecule has 39 heavy (non-hydrogen) atoms. The predicted molar refractivity (Wildman–Crippen MR) is 142 cm³/mol. The first-order valence-electron chi connectivity index (χ1n) is 12.5. The number of carbonyl (C=O) groups is 3. The molecular weight excluding hydrogens is 535 g/mol. The number of hydrogen-bond donors (Lipinski definition) is 4. The highest BCUT2D eigenvalue weighted by atomic mass is 32.1. The maximum absolute atomic E-state index is 12.7. The van der Waals surface area contributed by atoms with Crippen LogP contribution in [-0.2, 0) is 26.2 Å². The van der Waals surface area contributed by atoms with Gasteiger partial charge in [0.25, 0.3) is 0 Å². The van der Waals surface area contributed by atoms with Crippen LogP contribution in [0, 0.1) is 0 Å². The lowest BCUT2D eigenvalue weighted by Crippen LogP contribution is -2.49. The summed E-state index contributed by atoms with van der Waals surface area (Å²) in [7, 11) is 0. The molecule has 2 amide bonds. The Bertz CT molecular complexity index is 1110. The van der Waals surface area contributed by atoms with Crippen LogP contribution >= 0.6 is 11.3 Å². The number of aromatic nitrogens is 2. The number of hydrogen-bond acceptors (Lipinski definition) is 7. The number of carboxylic acid groups (broad SMARTS) is 1. The molecule has 13 heteroatoms. The summed E-state index contributed by atoms with van der Waals surface area (Å²) in [4.78, 5) is 34.1. The Labute approximate surface area is 229 Å². The lowest BCUT2D eigenvalue weighted by Gasteiger charge is -2.25. The van der Waals surface area contributed by atoms with Crippen LogP contribution in [-0.4, -0.2) is 57.9 Å². The SMILES string of the molecule is CC(C)(C)c1nnc(NC(=O)C=C[C@H](CCc2ccccc2)NC(=O)[C@@H]2CCCCN2)s1.O=C(O)C(F)(F)F. The minimum Gasteiger partial charge on any atom is -0.475 e. The van der Waals surface area contributed by atoms with Gasteiger partial charge in [-0.15, -0.1) is 10.2 Å². The Balaban J connectivity index is 0.000000673. The third-order valence-corrected chi connectivity index (χ3v) is 6.82. The number of aliphatic carboxylic acids is 1. The minimum absolute atomic E-state index is 0.00763. The summed E-state index contributed by atoms with van der Waals surface area (Å²) in [6.07, 6.45) is 2.67. The van der Waals surface area contributed by atoms with Crippen LogP contribution in [0.5, 0.6) is 0 Å². The molecular formula is C26H34F3N5O4S. The van der Waals surface area contributed by atoms with Gasteiger partial charge in [-0.05, 0) is 37.8 Å². The summed E-state index contributed by atoms with van der Waals surface area (Å²) in [5.41, 5.74) is 1.08. The van der Waals surface area contributed by atoms with Crippen LogP contribution in [0.3, 0.4) is 0 Å². The molecule has 0 saturated carbocycles. The Morgan fingerprint density at radius 3 is 2.36 bits per heavy atom. The van der Waals surface area contributed by atoms with E-state index in [1.165, 1.54) is 23.0 Å². The number of piperidine rings is 1. The molecule has 214 valence electrons. The maximum Gasteiger partial charge on any atom is 0.490 e. The van der Waals surface area contributed by atoms with Gasteiger partial charge in [-0.1, -0.05) is 74.9 Å². The number of carbonyl (C=O) groups excluding carboxylic acids is 2. The predicted octanol–water partition coefficient (Wildman–Crippen LogP) is 4.22. The van der Waals surface area contributed by atoms with E-state index in [1.807, 2.05) is 18.2 Å². The zero-order chi connectivity index (χ0) is 29.1. The van der Waals surface area contributed by atoms with Gasteiger partial charge in [-0.2, -0.15) is 13.2 Å². The Morgan fingerprint density at radius 1 is 1.15 bits per heavy atom. The van der Waals surface area contributed by atoms with E-state index in [9.17, 15) is 22.8 Å². The molecule has 0 bridgehead atoms. The fourth-order valence-corrected chi connectivity index (χ4v) is 4.27. The number of nitrogens with one attached hydrogen (secondary N) is 3. The molecule has 3 rings (SSSR count). The first-order chi connectivity index (χ1) is 18.3. The molecule has 1 aliphatic rings. The van der Waals surface area contributed by atoms with Crippen molar-refractivity contribution in [3.63, 3.8) is 0 Å². The summed E-state index contributed by atoms with van der Waals surface area (Å²) < 4.78 is 31.7. The van der Waals surface area contributed by atoms with Crippen molar-refractivity contribution >= 4 is 34.3 Å². The molecule has 0 aliphatic carbocycles. The van der Waals surface area contributed by atoms with Gasteiger partial charge in [-0.3, -0.25) is 14.9 Å². The van der Waals surface area contributed by atoms with Gasteiger partial charge in [0.05, 0.1) is 6.04 Å². The Morgan fingerprint density at radius 2 is 1.82 bits per heavy atom. The van der Waals surface area contributed by atoms with Gasteiger partial charge in [0.15, 0.2) is 0 Å². The van der Waals surface area contributed by atoms with Gasteiger partial charge in [-0.25, -0.2) is 4.79 Å². The highest BCUT2D eigenvalue weighted by Gasteiger charge is 2.38. The zero-order valence-corrected chi connectivity index (χ0v) is 22.9. The van der Waals surface area contributed by atoms with Crippen molar-refractivity contribution in [3.05, 3.63) is 53.1 Å². The topological polar surface area (TPSA) is 133 Å². The molecule has 2 aromatic rings. The van der Waals surface area contributed by atoms with Crippen LogP contribution < -0.4 is 16.0 Å². The van der Waals surface area contributed by atoms with Crippen LogP contribution in [0.4, 0.5) is 18.3 Å². The molecule has 1 aliphatic heterocycles. The normalized spacial score (nSPS) is 16.6. The number of amides is 2. The molecule has 2 atom stereocenters. The van der Waals surface area contributed by atoms with E-state index in [0.29, 0.717) is 11.6 Å². The van der Waals surface area contributed by atoms with Gasteiger partial charge >= 0.3 is 12.1 Å². The molecule has 9 nitrogen and oxygen atoms in total. The maximum atomic E-state index is 12.7. The number of rotatable bonds is 8. The molecule has 1 fully saturated rings. The number of alkyl halides is 3. The van der Waals surface area contributed by atoms with Gasteiger partial charge in [0.2, 0.25) is 16.9 Å². The van der Waals surface area contributed by atoms with Crippen LogP contribution in [0.1, 0.15) is 57.0 Å². The van der Waals surface area contributed by atoms with Crippen molar-refractivity contribution in [2.75, 3.05) is 11.9 Å². The number of aryl methyl sites for hydroxylation is 1. The minimum atomic E-state index is -5.08. The molecule has 0 spiro atoms. The highest BCUT2D eigenvalue weighted by Crippen LogP contribution is 2.27. The summed E-state index contributed by atoms with van der Waals surface area (Å²) in [5.74, 6) is -3.05. The quantitative estimate of drug-likeness (QED) is 0.350.